The smallest absolute Gasteiger partial charge is 0.258 e. The summed E-state index contributed by atoms with van der Waals surface area (Å²) in [6, 6.07) is 6.77. The summed E-state index contributed by atoms with van der Waals surface area (Å²) in [5, 5.41) is 16.0. The van der Waals surface area contributed by atoms with Crippen molar-refractivity contribution in [3.05, 3.63) is 59.2 Å². The van der Waals surface area contributed by atoms with Crippen LogP contribution in [0.25, 0.3) is 10.4 Å². The number of carbonyl (C=O) groups excluding carboxylic acids is 3. The van der Waals surface area contributed by atoms with Gasteiger partial charge < -0.3 is 30.3 Å². The highest BCUT2D eigenvalue weighted by Crippen LogP contribution is 2.40. The summed E-state index contributed by atoms with van der Waals surface area (Å²) in [6.45, 7) is 8.26. The lowest BCUT2D eigenvalue weighted by Gasteiger charge is -2.41. The summed E-state index contributed by atoms with van der Waals surface area (Å²) in [6.07, 6.45) is 0.541. The van der Waals surface area contributed by atoms with E-state index >= 15 is 0 Å². The number of carbonyl (C=O) groups is 3. The van der Waals surface area contributed by atoms with Crippen molar-refractivity contribution in [1.29, 1.82) is 0 Å². The molecule has 3 fully saturated rings. The summed E-state index contributed by atoms with van der Waals surface area (Å²) >= 11 is 1.51. The first-order valence-electron chi connectivity index (χ1n) is 16.0. The van der Waals surface area contributed by atoms with Gasteiger partial charge in [-0.2, -0.15) is 4.39 Å². The van der Waals surface area contributed by atoms with E-state index in [1.54, 1.807) is 32.3 Å². The number of rotatable bonds is 10. The number of thiazole rings is 1. The van der Waals surface area contributed by atoms with E-state index in [0.717, 1.165) is 16.1 Å². The average Bonchev–Trinajstić information content (AvgIpc) is 3.42. The second-order valence-corrected chi connectivity index (χ2v) is 14.8. The number of aryl methyl sites for hydroxylation is 1. The van der Waals surface area contributed by atoms with Crippen LogP contribution < -0.4 is 20.3 Å². The van der Waals surface area contributed by atoms with Crippen molar-refractivity contribution in [3.8, 4) is 16.2 Å². The van der Waals surface area contributed by atoms with Crippen molar-refractivity contribution in [2.45, 2.75) is 83.5 Å². The molecule has 48 heavy (non-hydrogen) atoms. The first-order chi connectivity index (χ1) is 22.7. The maximum Gasteiger partial charge on any atom is 0.258 e. The van der Waals surface area contributed by atoms with Gasteiger partial charge in [0.05, 0.1) is 35.3 Å². The third-order valence-electron chi connectivity index (χ3n) is 9.09. The highest BCUT2D eigenvalue weighted by molar-refractivity contribution is 7.13. The molecule has 0 radical (unpaired) electrons. The minimum absolute atomic E-state index is 0.0237. The molecular weight excluding hydrogens is 642 g/mol. The third kappa shape index (κ3) is 7.14. The van der Waals surface area contributed by atoms with E-state index in [-0.39, 0.29) is 38.5 Å². The molecule has 2 aromatic heterocycles. The third-order valence-corrected chi connectivity index (χ3v) is 10.1. The van der Waals surface area contributed by atoms with Gasteiger partial charge in [0.1, 0.15) is 23.9 Å². The molecular formula is C34H40F2N6O5S. The molecule has 0 bridgehead atoms. The van der Waals surface area contributed by atoms with Gasteiger partial charge in [0.2, 0.25) is 17.8 Å². The van der Waals surface area contributed by atoms with Crippen LogP contribution in [0.4, 0.5) is 14.5 Å². The van der Waals surface area contributed by atoms with E-state index in [1.807, 2.05) is 30.0 Å². The fourth-order valence-corrected chi connectivity index (χ4v) is 6.84. The lowest BCUT2D eigenvalue weighted by molar-refractivity contribution is -0.145. The molecule has 11 nitrogen and oxygen atoms in total. The number of aromatic nitrogens is 2. The predicted molar refractivity (Wildman–Crippen MR) is 176 cm³/mol. The molecule has 0 unspecified atom stereocenters. The van der Waals surface area contributed by atoms with E-state index < -0.39 is 52.9 Å². The SMILES string of the molecule is Cc1ncsc1-c1ccc(CNC(=O)[C@@H]2C[C@@H](O)CN2C(=O)[C@@H](NC(=O)C2(F)CC2)C(C)(C)C)c(OC2CN(c3ccnc(F)c3)C2)c1. The zero-order valence-corrected chi connectivity index (χ0v) is 28.2. The van der Waals surface area contributed by atoms with Gasteiger partial charge >= 0.3 is 0 Å². The number of nitrogens with one attached hydrogen (secondary N) is 2. The number of β-amino-alcohol motifs (C(OH)–C–C–N with tert-alkyl or cyclic N) is 1. The molecule has 1 aromatic carbocycles. The zero-order chi connectivity index (χ0) is 34.4. The Morgan fingerprint density at radius 2 is 1.90 bits per heavy atom. The second kappa shape index (κ2) is 13.0. The van der Waals surface area contributed by atoms with Gasteiger partial charge in [-0.3, -0.25) is 14.4 Å². The van der Waals surface area contributed by atoms with E-state index in [0.29, 0.717) is 30.1 Å². The fraction of sp³-hybridized carbons (Fsp3) is 0.500. The number of aliphatic hydroxyl groups excluding tert-OH is 1. The minimum atomic E-state index is -1.96. The van der Waals surface area contributed by atoms with Gasteiger partial charge in [0, 0.05) is 43.0 Å². The number of anilines is 1. The molecule has 3 N–H and O–H groups in total. The summed E-state index contributed by atoms with van der Waals surface area (Å²) in [5.41, 5.74) is 2.25. The molecule has 3 aromatic rings. The summed E-state index contributed by atoms with van der Waals surface area (Å²) in [4.78, 5) is 52.2. The largest absolute Gasteiger partial charge is 0.486 e. The summed E-state index contributed by atoms with van der Waals surface area (Å²) in [5.74, 6) is -1.83. The lowest BCUT2D eigenvalue weighted by Crippen LogP contribution is -2.59. The molecule has 1 saturated carbocycles. The number of aliphatic hydroxyl groups is 1. The number of likely N-dealkylation sites (tertiary alicyclic amines) is 1. The fourth-order valence-electron chi connectivity index (χ4n) is 6.04. The van der Waals surface area contributed by atoms with Gasteiger partial charge in [-0.25, -0.2) is 14.4 Å². The number of halogens is 2. The van der Waals surface area contributed by atoms with Crippen LogP contribution >= 0.6 is 11.3 Å². The Bertz CT molecular complexity index is 1700. The summed E-state index contributed by atoms with van der Waals surface area (Å²) in [7, 11) is 0. The number of benzene rings is 1. The number of hydrogen-bond acceptors (Lipinski definition) is 9. The summed E-state index contributed by atoms with van der Waals surface area (Å²) < 4.78 is 34.6. The second-order valence-electron chi connectivity index (χ2n) is 13.9. The van der Waals surface area contributed by atoms with Gasteiger partial charge in [-0.05, 0) is 42.9 Å². The topological polar surface area (TPSA) is 137 Å². The van der Waals surface area contributed by atoms with E-state index in [1.165, 1.54) is 28.5 Å². The monoisotopic (exact) mass is 682 g/mol. The van der Waals surface area contributed by atoms with Crippen LogP contribution in [0.3, 0.4) is 0 Å². The average molecular weight is 683 g/mol. The number of alkyl halides is 1. The Morgan fingerprint density at radius 1 is 1.15 bits per heavy atom. The number of nitrogens with zero attached hydrogens (tertiary/aromatic N) is 4. The van der Waals surface area contributed by atoms with Crippen molar-refractivity contribution in [2.24, 2.45) is 5.41 Å². The van der Waals surface area contributed by atoms with Crippen LogP contribution in [0.2, 0.25) is 0 Å². The molecule has 4 heterocycles. The van der Waals surface area contributed by atoms with Crippen LogP contribution in [0.1, 0.15) is 51.3 Å². The first-order valence-corrected chi connectivity index (χ1v) is 16.9. The van der Waals surface area contributed by atoms with E-state index in [4.69, 9.17) is 4.74 Å². The molecule has 3 amide bonds. The molecule has 3 atom stereocenters. The van der Waals surface area contributed by atoms with Crippen LogP contribution in [-0.2, 0) is 20.9 Å². The van der Waals surface area contributed by atoms with Gasteiger partial charge in [0.25, 0.3) is 5.91 Å². The highest BCUT2D eigenvalue weighted by Gasteiger charge is 2.53. The van der Waals surface area contributed by atoms with Gasteiger partial charge in [-0.15, -0.1) is 11.3 Å². The molecule has 0 spiro atoms. The maximum absolute atomic E-state index is 14.5. The minimum Gasteiger partial charge on any atom is -0.486 e. The maximum atomic E-state index is 14.5. The Morgan fingerprint density at radius 3 is 2.54 bits per heavy atom. The van der Waals surface area contributed by atoms with Gasteiger partial charge in [0.15, 0.2) is 5.67 Å². The Kier molecular flexibility index (Phi) is 9.16. The predicted octanol–water partition coefficient (Wildman–Crippen LogP) is 3.53. The van der Waals surface area contributed by atoms with Crippen molar-refractivity contribution >= 4 is 34.7 Å². The molecule has 2 saturated heterocycles. The van der Waals surface area contributed by atoms with E-state index in [9.17, 15) is 28.3 Å². The van der Waals surface area contributed by atoms with Crippen molar-refractivity contribution in [3.63, 3.8) is 0 Å². The van der Waals surface area contributed by atoms with Gasteiger partial charge in [-0.1, -0.05) is 32.9 Å². The molecule has 3 aliphatic rings. The molecule has 14 heteroatoms. The Hall–Kier alpha value is -4.17. The van der Waals surface area contributed by atoms with Crippen LogP contribution in [0.15, 0.2) is 42.0 Å². The van der Waals surface area contributed by atoms with Crippen molar-refractivity contribution < 1.29 is 33.0 Å². The molecule has 256 valence electrons. The van der Waals surface area contributed by atoms with Crippen LogP contribution in [0.5, 0.6) is 5.75 Å². The van der Waals surface area contributed by atoms with Crippen LogP contribution in [-0.4, -0.2) is 87.3 Å². The van der Waals surface area contributed by atoms with Crippen molar-refractivity contribution in [1.82, 2.24) is 25.5 Å². The Balaban J connectivity index is 1.16. The van der Waals surface area contributed by atoms with Crippen molar-refractivity contribution in [2.75, 3.05) is 24.5 Å². The molecule has 2 aliphatic heterocycles. The lowest BCUT2D eigenvalue weighted by atomic mass is 9.85. The highest BCUT2D eigenvalue weighted by atomic mass is 32.1. The number of ether oxygens (including phenoxy) is 1. The molecule has 1 aliphatic carbocycles. The quantitative estimate of drug-likeness (QED) is 0.277. The normalized spacial score (nSPS) is 21.0. The number of pyridine rings is 1. The number of amides is 3. The van der Waals surface area contributed by atoms with E-state index in [2.05, 4.69) is 20.6 Å². The molecule has 6 rings (SSSR count). The number of hydrogen-bond donors (Lipinski definition) is 3. The van der Waals surface area contributed by atoms with Crippen LogP contribution in [0, 0.1) is 18.3 Å². The first kappa shape index (κ1) is 33.7. The zero-order valence-electron chi connectivity index (χ0n) is 27.3. The standard InChI is InChI=1S/C34H40F2N6O5S/c1-19-28(48-18-39-19)20-5-6-21(26(11-20)47-24-16-41(17-24)22-7-10-37-27(35)12-22)14-38-30(44)25-13-23(43)15-42(25)31(45)29(33(2,3)4)40-32(46)34(36)8-9-34/h5-7,10-12,18,23-25,29,43H,8-9,13-17H2,1-4H3,(H,38,44)(H,40,46)/t23-,25+,29-/m1/s1. The Labute approximate surface area is 281 Å².